The van der Waals surface area contributed by atoms with Gasteiger partial charge in [-0.3, -0.25) is 4.79 Å². The number of carbonyl (C=O) groups is 1. The zero-order valence-corrected chi connectivity index (χ0v) is 18.2. The normalized spacial score (nSPS) is 27.1. The summed E-state index contributed by atoms with van der Waals surface area (Å²) in [7, 11) is -3.61. The molecule has 2 aliphatic carbocycles. The number of rotatable bonds is 6. The number of hydrogen-bond donors (Lipinski definition) is 1. The van der Waals surface area contributed by atoms with Gasteiger partial charge in [0.25, 0.3) is 5.91 Å². The molecule has 0 bridgehead atoms. The Morgan fingerprint density at radius 2 is 1.93 bits per heavy atom. The number of sulfonamides is 1. The van der Waals surface area contributed by atoms with Crippen LogP contribution in [0.1, 0.15) is 74.6 Å². The summed E-state index contributed by atoms with van der Waals surface area (Å²) >= 11 is 0. The molecule has 0 radical (unpaired) electrons. The highest BCUT2D eigenvalue weighted by Crippen LogP contribution is 2.53. The summed E-state index contributed by atoms with van der Waals surface area (Å²) in [4.78, 5) is 13.0. The third kappa shape index (κ3) is 3.64. The van der Waals surface area contributed by atoms with E-state index in [1.54, 1.807) is 6.92 Å². The summed E-state index contributed by atoms with van der Waals surface area (Å²) in [5.74, 6) is 0.0159. The molecule has 29 heavy (non-hydrogen) atoms. The van der Waals surface area contributed by atoms with Gasteiger partial charge in [-0.2, -0.15) is 4.31 Å². The highest BCUT2D eigenvalue weighted by atomic mass is 32.2. The second-order valence-electron chi connectivity index (χ2n) is 8.64. The predicted octanol–water partition coefficient (Wildman–Crippen LogP) is 3.23. The van der Waals surface area contributed by atoms with Crippen molar-refractivity contribution < 1.29 is 22.4 Å². The molecular weight excluding hydrogens is 392 g/mol. The van der Waals surface area contributed by atoms with E-state index in [2.05, 4.69) is 5.32 Å². The first-order chi connectivity index (χ1) is 13.9. The zero-order valence-electron chi connectivity index (χ0n) is 17.4. The van der Waals surface area contributed by atoms with Crippen molar-refractivity contribution in [2.75, 3.05) is 19.7 Å². The fourth-order valence-electron chi connectivity index (χ4n) is 5.40. The largest absolute Gasteiger partial charge is 0.455 e. The SMILES string of the molecule is CCO[C@@H]1C[C@H](NC(=O)c2cc(S(=O)(=O)N3CCCC3)c(C)o2)C12CCCCC2. The van der Waals surface area contributed by atoms with Gasteiger partial charge in [0, 0.05) is 37.2 Å². The summed E-state index contributed by atoms with van der Waals surface area (Å²) in [5.41, 5.74) is 0.00994. The Morgan fingerprint density at radius 1 is 1.24 bits per heavy atom. The summed E-state index contributed by atoms with van der Waals surface area (Å²) in [6.07, 6.45) is 8.42. The lowest BCUT2D eigenvalue weighted by Crippen LogP contribution is -2.65. The van der Waals surface area contributed by atoms with E-state index in [0.717, 1.165) is 44.9 Å². The minimum absolute atomic E-state index is 0.00994. The molecule has 4 rings (SSSR count). The van der Waals surface area contributed by atoms with Gasteiger partial charge < -0.3 is 14.5 Å². The van der Waals surface area contributed by atoms with Crippen LogP contribution in [0.5, 0.6) is 0 Å². The van der Waals surface area contributed by atoms with E-state index in [9.17, 15) is 13.2 Å². The summed E-state index contributed by atoms with van der Waals surface area (Å²) in [6, 6.07) is 1.45. The van der Waals surface area contributed by atoms with Crippen molar-refractivity contribution >= 4 is 15.9 Å². The van der Waals surface area contributed by atoms with Crippen molar-refractivity contribution in [2.45, 2.75) is 82.3 Å². The fourth-order valence-corrected chi connectivity index (χ4v) is 7.07. The standard InChI is InChI=1S/C21H32N2O5S/c1-3-27-19-14-18(21(19)9-5-4-6-10-21)22-20(24)16-13-17(15(2)28-16)29(25,26)23-11-7-8-12-23/h13,18-19H,3-12,14H2,1-2H3,(H,22,24)/t18-,19+/m0/s1. The maximum atomic E-state index is 12.9. The maximum Gasteiger partial charge on any atom is 0.287 e. The van der Waals surface area contributed by atoms with Crippen LogP contribution in [-0.4, -0.2) is 50.5 Å². The molecule has 2 atom stereocenters. The summed E-state index contributed by atoms with van der Waals surface area (Å²) in [6.45, 7) is 5.35. The molecule has 0 unspecified atom stereocenters. The van der Waals surface area contributed by atoms with Gasteiger partial charge in [-0.15, -0.1) is 0 Å². The molecule has 1 saturated heterocycles. The third-order valence-corrected chi connectivity index (χ3v) is 9.03. The van der Waals surface area contributed by atoms with E-state index in [-0.39, 0.29) is 39.9 Å². The van der Waals surface area contributed by atoms with Crippen molar-refractivity contribution in [3.05, 3.63) is 17.6 Å². The number of nitrogens with zero attached hydrogens (tertiary/aromatic N) is 1. The van der Waals surface area contributed by atoms with E-state index < -0.39 is 10.0 Å². The van der Waals surface area contributed by atoms with Gasteiger partial charge in [0.15, 0.2) is 5.76 Å². The first-order valence-corrected chi connectivity index (χ1v) is 12.4. The van der Waals surface area contributed by atoms with Crippen LogP contribution in [-0.2, 0) is 14.8 Å². The molecule has 1 aromatic rings. The van der Waals surface area contributed by atoms with Crippen LogP contribution in [0.3, 0.4) is 0 Å². The van der Waals surface area contributed by atoms with Gasteiger partial charge in [-0.25, -0.2) is 8.42 Å². The van der Waals surface area contributed by atoms with Gasteiger partial charge in [-0.1, -0.05) is 19.3 Å². The van der Waals surface area contributed by atoms with Gasteiger partial charge >= 0.3 is 0 Å². The number of nitrogens with one attached hydrogen (secondary N) is 1. The van der Waals surface area contributed by atoms with Crippen LogP contribution in [0.4, 0.5) is 0 Å². The van der Waals surface area contributed by atoms with Gasteiger partial charge in [0.1, 0.15) is 10.7 Å². The lowest BCUT2D eigenvalue weighted by molar-refractivity contribution is -0.147. The Labute approximate surface area is 173 Å². The van der Waals surface area contributed by atoms with E-state index in [1.165, 1.54) is 16.8 Å². The first kappa shape index (κ1) is 20.9. The molecule has 8 heteroatoms. The van der Waals surface area contributed by atoms with Crippen LogP contribution in [0.15, 0.2) is 15.4 Å². The van der Waals surface area contributed by atoms with Gasteiger partial charge in [0.05, 0.1) is 6.10 Å². The molecule has 0 aromatic carbocycles. The van der Waals surface area contributed by atoms with Crippen LogP contribution in [0.2, 0.25) is 0 Å². The molecule has 1 aliphatic heterocycles. The zero-order chi connectivity index (χ0) is 20.6. The lowest BCUT2D eigenvalue weighted by Gasteiger charge is -2.57. The smallest absolute Gasteiger partial charge is 0.287 e. The number of ether oxygens (including phenoxy) is 1. The topological polar surface area (TPSA) is 88.8 Å². The highest BCUT2D eigenvalue weighted by molar-refractivity contribution is 7.89. The third-order valence-electron chi connectivity index (χ3n) is 7.02. The fraction of sp³-hybridized carbons (Fsp3) is 0.762. The van der Waals surface area contributed by atoms with E-state index in [1.807, 2.05) is 6.92 Å². The van der Waals surface area contributed by atoms with Gasteiger partial charge in [0.2, 0.25) is 10.0 Å². The molecule has 2 saturated carbocycles. The van der Waals surface area contributed by atoms with E-state index in [4.69, 9.17) is 9.15 Å². The minimum Gasteiger partial charge on any atom is -0.455 e. The van der Waals surface area contributed by atoms with E-state index in [0.29, 0.717) is 19.7 Å². The molecule has 1 amide bonds. The Hall–Kier alpha value is -1.38. The number of furan rings is 1. The lowest BCUT2D eigenvalue weighted by atomic mass is 9.55. The average Bonchev–Trinajstić information content (AvgIpc) is 3.38. The second-order valence-corrected chi connectivity index (χ2v) is 10.5. The Kier molecular flexibility index (Phi) is 5.79. The first-order valence-electron chi connectivity index (χ1n) is 10.9. The average molecular weight is 425 g/mol. The highest BCUT2D eigenvalue weighted by Gasteiger charge is 2.56. The van der Waals surface area contributed by atoms with Crippen LogP contribution in [0, 0.1) is 12.3 Å². The van der Waals surface area contributed by atoms with Crippen LogP contribution < -0.4 is 5.32 Å². The minimum atomic E-state index is -3.61. The van der Waals surface area contributed by atoms with Crippen molar-refractivity contribution in [3.8, 4) is 0 Å². The molecule has 1 N–H and O–H groups in total. The van der Waals surface area contributed by atoms with Crippen molar-refractivity contribution in [1.29, 1.82) is 0 Å². The number of amides is 1. The monoisotopic (exact) mass is 424 g/mol. The number of aryl methyl sites for hydroxylation is 1. The molecule has 3 aliphatic rings. The molecule has 2 heterocycles. The van der Waals surface area contributed by atoms with Gasteiger partial charge in [-0.05, 0) is 46.0 Å². The Bertz CT molecular complexity index is 850. The predicted molar refractivity (Wildman–Crippen MR) is 108 cm³/mol. The maximum absolute atomic E-state index is 12.9. The molecule has 1 aromatic heterocycles. The van der Waals surface area contributed by atoms with Crippen molar-refractivity contribution in [3.63, 3.8) is 0 Å². The quantitative estimate of drug-likeness (QED) is 0.757. The molecule has 1 spiro atoms. The molecular formula is C21H32N2O5S. The Balaban J connectivity index is 1.49. The Morgan fingerprint density at radius 3 is 2.59 bits per heavy atom. The molecule has 162 valence electrons. The second kappa shape index (κ2) is 8.04. The summed E-state index contributed by atoms with van der Waals surface area (Å²) in [5, 5.41) is 3.12. The summed E-state index contributed by atoms with van der Waals surface area (Å²) < 4.78 is 38.7. The molecule has 7 nitrogen and oxygen atoms in total. The van der Waals surface area contributed by atoms with Crippen LogP contribution >= 0.6 is 0 Å². The number of hydrogen-bond acceptors (Lipinski definition) is 5. The van der Waals surface area contributed by atoms with Crippen LogP contribution in [0.25, 0.3) is 0 Å². The molecule has 3 fully saturated rings. The van der Waals surface area contributed by atoms with Crippen molar-refractivity contribution in [1.82, 2.24) is 9.62 Å². The number of carbonyl (C=O) groups excluding carboxylic acids is 1. The van der Waals surface area contributed by atoms with Crippen molar-refractivity contribution in [2.24, 2.45) is 5.41 Å². The van der Waals surface area contributed by atoms with E-state index >= 15 is 0 Å².